The maximum Gasteiger partial charge on any atom is 0.573 e. The highest BCUT2D eigenvalue weighted by molar-refractivity contribution is 6.04. The van der Waals surface area contributed by atoms with Crippen molar-refractivity contribution in [3.8, 4) is 5.75 Å². The third kappa shape index (κ3) is 5.16. The molecule has 1 aliphatic heterocycles. The van der Waals surface area contributed by atoms with Crippen molar-refractivity contribution in [2.45, 2.75) is 19.2 Å². The van der Waals surface area contributed by atoms with Gasteiger partial charge in [-0.2, -0.15) is 0 Å². The van der Waals surface area contributed by atoms with Crippen molar-refractivity contribution >= 4 is 23.6 Å². The number of carbonyl (C=O) groups excluding carboxylic acids is 2. The summed E-state index contributed by atoms with van der Waals surface area (Å²) >= 11 is 0. The number of hydrogen-bond donors (Lipinski definition) is 1. The second-order valence-corrected chi connectivity index (χ2v) is 6.47. The number of fused-ring (bicyclic) bond motifs is 1. The number of nitrogens with one attached hydrogen (secondary N) is 1. The van der Waals surface area contributed by atoms with E-state index in [2.05, 4.69) is 10.1 Å². The Kier molecular flexibility index (Phi) is 5.91. The van der Waals surface area contributed by atoms with Crippen LogP contribution in [-0.2, 0) is 11.2 Å². The molecule has 0 saturated carbocycles. The largest absolute Gasteiger partial charge is 0.573 e. The molecule has 2 aromatic rings. The minimum atomic E-state index is -4.76. The standard InChI is InChI=1S/C21H19F3N2O3/c1-25-20(28)15-7-4-14(5-8-15)6-11-19(27)26-12-2-3-16-13-17(9-10-18(16)26)29-21(22,23)24/h4-11,13H,2-3,12H2,1H3,(H,25,28). The smallest absolute Gasteiger partial charge is 0.406 e. The Labute approximate surface area is 165 Å². The SMILES string of the molecule is CNC(=O)c1ccc(C=CC(=O)N2CCCc3cc(OC(F)(F)F)ccc32)cc1. The van der Waals surface area contributed by atoms with Gasteiger partial charge in [-0.1, -0.05) is 12.1 Å². The Morgan fingerprint density at radius 1 is 1.14 bits per heavy atom. The van der Waals surface area contributed by atoms with Gasteiger partial charge in [0, 0.05) is 30.9 Å². The van der Waals surface area contributed by atoms with Crippen molar-refractivity contribution in [1.82, 2.24) is 5.32 Å². The molecule has 3 rings (SSSR count). The van der Waals surface area contributed by atoms with Crippen LogP contribution in [0.1, 0.15) is 27.9 Å². The Morgan fingerprint density at radius 2 is 1.86 bits per heavy atom. The summed E-state index contributed by atoms with van der Waals surface area (Å²) in [4.78, 5) is 25.7. The Balaban J connectivity index is 1.74. The molecule has 0 radical (unpaired) electrons. The first-order chi connectivity index (χ1) is 13.8. The number of ether oxygens (including phenoxy) is 1. The Morgan fingerprint density at radius 3 is 2.52 bits per heavy atom. The van der Waals surface area contributed by atoms with Gasteiger partial charge in [0.05, 0.1) is 0 Å². The molecular formula is C21H19F3N2O3. The molecular weight excluding hydrogens is 385 g/mol. The van der Waals surface area contributed by atoms with E-state index in [4.69, 9.17) is 0 Å². The minimum absolute atomic E-state index is 0.199. The van der Waals surface area contributed by atoms with Gasteiger partial charge in [-0.3, -0.25) is 9.59 Å². The summed E-state index contributed by atoms with van der Waals surface area (Å²) in [5.74, 6) is -0.765. The highest BCUT2D eigenvalue weighted by Crippen LogP contribution is 2.33. The van der Waals surface area contributed by atoms with Crippen molar-refractivity contribution in [2.75, 3.05) is 18.5 Å². The maximum atomic E-state index is 12.6. The van der Waals surface area contributed by atoms with Crippen LogP contribution in [0.15, 0.2) is 48.5 Å². The summed E-state index contributed by atoms with van der Waals surface area (Å²) in [6.07, 6.45) is -0.508. The van der Waals surface area contributed by atoms with Crippen molar-refractivity contribution < 1.29 is 27.5 Å². The zero-order chi connectivity index (χ0) is 21.0. The number of anilines is 1. The van der Waals surface area contributed by atoms with E-state index in [1.807, 2.05) is 0 Å². The lowest BCUT2D eigenvalue weighted by molar-refractivity contribution is -0.274. The number of benzene rings is 2. The summed E-state index contributed by atoms with van der Waals surface area (Å²) in [5.41, 5.74) is 2.47. The lowest BCUT2D eigenvalue weighted by Gasteiger charge is -2.29. The summed E-state index contributed by atoms with van der Waals surface area (Å²) in [5, 5.41) is 2.53. The molecule has 0 unspecified atom stereocenters. The van der Waals surface area contributed by atoms with Gasteiger partial charge in [-0.15, -0.1) is 13.2 Å². The van der Waals surface area contributed by atoms with Crippen LogP contribution in [0, 0.1) is 0 Å². The molecule has 0 bridgehead atoms. The van der Waals surface area contributed by atoms with E-state index in [1.54, 1.807) is 37.4 Å². The van der Waals surface area contributed by atoms with Gasteiger partial charge in [0.15, 0.2) is 0 Å². The molecule has 0 saturated heterocycles. The minimum Gasteiger partial charge on any atom is -0.406 e. The van der Waals surface area contributed by atoms with Crippen LogP contribution in [-0.4, -0.2) is 31.8 Å². The molecule has 0 fully saturated rings. The molecule has 1 N–H and O–H groups in total. The number of rotatable bonds is 4. The van der Waals surface area contributed by atoms with E-state index >= 15 is 0 Å². The molecule has 8 heteroatoms. The number of hydrogen-bond acceptors (Lipinski definition) is 3. The van der Waals surface area contributed by atoms with Crippen LogP contribution < -0.4 is 15.0 Å². The fourth-order valence-corrected chi connectivity index (χ4v) is 3.15. The van der Waals surface area contributed by atoms with Crippen LogP contribution in [0.5, 0.6) is 5.75 Å². The van der Waals surface area contributed by atoms with Crippen LogP contribution >= 0.6 is 0 Å². The van der Waals surface area contributed by atoms with E-state index in [0.29, 0.717) is 36.2 Å². The monoisotopic (exact) mass is 404 g/mol. The molecule has 1 heterocycles. The molecule has 5 nitrogen and oxygen atoms in total. The number of halogens is 3. The molecule has 2 aromatic carbocycles. The molecule has 2 amide bonds. The van der Waals surface area contributed by atoms with Crippen LogP contribution in [0.4, 0.5) is 18.9 Å². The zero-order valence-corrected chi connectivity index (χ0v) is 15.6. The van der Waals surface area contributed by atoms with Crippen molar-refractivity contribution in [3.05, 3.63) is 65.2 Å². The average Bonchev–Trinajstić information content (AvgIpc) is 2.70. The summed E-state index contributed by atoms with van der Waals surface area (Å²) < 4.78 is 41.2. The van der Waals surface area contributed by atoms with Gasteiger partial charge in [0.1, 0.15) is 5.75 Å². The van der Waals surface area contributed by atoms with Gasteiger partial charge in [-0.05, 0) is 60.4 Å². The number of amides is 2. The molecule has 1 aliphatic rings. The summed E-state index contributed by atoms with van der Waals surface area (Å²) in [6, 6.07) is 10.8. The molecule has 152 valence electrons. The maximum absolute atomic E-state index is 12.6. The van der Waals surface area contributed by atoms with Crippen LogP contribution in [0.3, 0.4) is 0 Å². The van der Waals surface area contributed by atoms with E-state index < -0.39 is 6.36 Å². The Hall–Kier alpha value is -3.29. The number of aryl methyl sites for hydroxylation is 1. The van der Waals surface area contributed by atoms with Gasteiger partial charge >= 0.3 is 6.36 Å². The predicted molar refractivity (Wildman–Crippen MR) is 103 cm³/mol. The average molecular weight is 404 g/mol. The normalized spacial score (nSPS) is 13.9. The highest BCUT2D eigenvalue weighted by Gasteiger charge is 2.32. The second kappa shape index (κ2) is 8.38. The quantitative estimate of drug-likeness (QED) is 0.786. The topological polar surface area (TPSA) is 58.6 Å². The van der Waals surface area contributed by atoms with Crippen LogP contribution in [0.25, 0.3) is 6.08 Å². The van der Waals surface area contributed by atoms with Gasteiger partial charge in [0.2, 0.25) is 0 Å². The fraction of sp³-hybridized carbons (Fsp3) is 0.238. The van der Waals surface area contributed by atoms with E-state index in [9.17, 15) is 22.8 Å². The van der Waals surface area contributed by atoms with Gasteiger partial charge < -0.3 is 15.0 Å². The van der Waals surface area contributed by atoms with Gasteiger partial charge in [0.25, 0.3) is 11.8 Å². The zero-order valence-electron chi connectivity index (χ0n) is 15.6. The molecule has 0 atom stereocenters. The first-order valence-electron chi connectivity index (χ1n) is 8.97. The van der Waals surface area contributed by atoms with E-state index in [0.717, 1.165) is 5.56 Å². The third-order valence-corrected chi connectivity index (χ3v) is 4.49. The second-order valence-electron chi connectivity index (χ2n) is 6.47. The highest BCUT2D eigenvalue weighted by atomic mass is 19.4. The van der Waals surface area contributed by atoms with Crippen molar-refractivity contribution in [1.29, 1.82) is 0 Å². The summed E-state index contributed by atoms with van der Waals surface area (Å²) in [6.45, 7) is 0.477. The predicted octanol–water partition coefficient (Wildman–Crippen LogP) is 3.94. The number of carbonyl (C=O) groups is 2. The Bertz CT molecular complexity index is 937. The van der Waals surface area contributed by atoms with Crippen LogP contribution in [0.2, 0.25) is 0 Å². The lowest BCUT2D eigenvalue weighted by atomic mass is 10.0. The summed E-state index contributed by atoms with van der Waals surface area (Å²) in [7, 11) is 1.55. The van der Waals surface area contributed by atoms with E-state index in [-0.39, 0.29) is 17.6 Å². The van der Waals surface area contributed by atoms with Gasteiger partial charge in [-0.25, -0.2) is 0 Å². The number of nitrogens with zero attached hydrogens (tertiary/aromatic N) is 1. The lowest BCUT2D eigenvalue weighted by Crippen LogP contribution is -2.34. The third-order valence-electron chi connectivity index (χ3n) is 4.49. The molecule has 0 aromatic heterocycles. The van der Waals surface area contributed by atoms with Crippen molar-refractivity contribution in [2.24, 2.45) is 0 Å². The molecule has 0 spiro atoms. The van der Waals surface area contributed by atoms with E-state index in [1.165, 1.54) is 29.2 Å². The first-order valence-corrected chi connectivity index (χ1v) is 8.97. The van der Waals surface area contributed by atoms with Crippen molar-refractivity contribution in [3.63, 3.8) is 0 Å². The fourth-order valence-electron chi connectivity index (χ4n) is 3.15. The first kappa shape index (κ1) is 20.4. The molecule has 0 aliphatic carbocycles. The molecule has 29 heavy (non-hydrogen) atoms. The number of alkyl halides is 3.